The van der Waals surface area contributed by atoms with Gasteiger partial charge in [-0.15, -0.1) is 0 Å². The fraction of sp³-hybridized carbons (Fsp3) is 0.692. The lowest BCUT2D eigenvalue weighted by molar-refractivity contribution is 0.0834. The van der Waals surface area contributed by atoms with E-state index < -0.39 is 6.23 Å². The molecule has 2 aliphatic rings. The van der Waals surface area contributed by atoms with E-state index in [1.807, 2.05) is 0 Å². The molecular weight excluding hydrogens is 284 g/mol. The van der Waals surface area contributed by atoms with Gasteiger partial charge < -0.3 is 33.1 Å². The maximum Gasteiger partial charge on any atom is 0.189 e. The maximum absolute atomic E-state index is 9.68. The zero-order valence-electron chi connectivity index (χ0n) is 12.5. The minimum Gasteiger partial charge on any atom is -0.378 e. The van der Waals surface area contributed by atoms with Crippen molar-refractivity contribution in [3.63, 3.8) is 0 Å². The highest BCUT2D eigenvalue weighted by Gasteiger charge is 2.31. The van der Waals surface area contributed by atoms with Crippen LogP contribution in [0.2, 0.25) is 0 Å². The Balaban J connectivity index is 1.91. The van der Waals surface area contributed by atoms with Crippen LogP contribution in [-0.4, -0.2) is 54.8 Å². The number of aliphatic hydroxyl groups is 1. The Labute approximate surface area is 130 Å². The van der Waals surface area contributed by atoms with Gasteiger partial charge in [-0.3, -0.25) is 10.3 Å². The van der Waals surface area contributed by atoms with Crippen LogP contribution >= 0.6 is 0 Å². The molecule has 0 amide bonds. The van der Waals surface area contributed by atoms with Gasteiger partial charge in [-0.1, -0.05) is 12.2 Å². The van der Waals surface area contributed by atoms with E-state index >= 15 is 0 Å². The second-order valence-corrected chi connectivity index (χ2v) is 5.55. The number of nitrogens with zero attached hydrogens (tertiary/aromatic N) is 2. The smallest absolute Gasteiger partial charge is 0.189 e. The predicted molar refractivity (Wildman–Crippen MR) is 86.9 cm³/mol. The number of guanidine groups is 1. The summed E-state index contributed by atoms with van der Waals surface area (Å²) >= 11 is 0. The third-order valence-electron chi connectivity index (χ3n) is 3.82. The lowest BCUT2D eigenvalue weighted by Crippen LogP contribution is -2.62. The standard InChI is InChI=1S/C13H26N8O/c14-4-5-18-21-9-3-1-2-8(6-9)19-12-10(11(15)22)7-17-13(16)20-12/h1-2,5,8-12,19,21-22H,3-4,6-7,14-15H2,(H3,16,17,20)/b18-5-. The molecule has 9 nitrogen and oxygen atoms in total. The van der Waals surface area contributed by atoms with Crippen LogP contribution < -0.4 is 33.3 Å². The summed E-state index contributed by atoms with van der Waals surface area (Å²) in [7, 11) is 0. The number of hydrogen-bond donors (Lipinski definition) is 7. The minimum absolute atomic E-state index is 0.129. The van der Waals surface area contributed by atoms with Crippen LogP contribution in [0.1, 0.15) is 12.8 Å². The fourth-order valence-electron chi connectivity index (χ4n) is 2.65. The van der Waals surface area contributed by atoms with E-state index in [4.69, 9.17) is 17.2 Å². The molecule has 1 heterocycles. The molecule has 0 aromatic carbocycles. The van der Waals surface area contributed by atoms with E-state index in [-0.39, 0.29) is 24.2 Å². The normalized spacial score (nSPS) is 33.3. The third-order valence-corrected chi connectivity index (χ3v) is 3.82. The summed E-state index contributed by atoms with van der Waals surface area (Å²) in [5, 5.41) is 20.2. The van der Waals surface area contributed by atoms with Gasteiger partial charge in [0, 0.05) is 24.8 Å². The molecule has 0 saturated heterocycles. The molecule has 0 spiro atoms. The summed E-state index contributed by atoms with van der Waals surface area (Å²) in [6.07, 6.45) is 6.43. The van der Waals surface area contributed by atoms with Crippen molar-refractivity contribution in [2.45, 2.75) is 37.3 Å². The van der Waals surface area contributed by atoms with Gasteiger partial charge in [-0.05, 0) is 12.8 Å². The predicted octanol–water partition coefficient (Wildman–Crippen LogP) is -2.67. The SMILES string of the molecule is NC/C=N\NC1CC=CC(NC2NC(N)=NCC2C(N)O)C1. The van der Waals surface area contributed by atoms with Crippen LogP contribution in [0, 0.1) is 5.92 Å². The summed E-state index contributed by atoms with van der Waals surface area (Å²) < 4.78 is 0. The number of aliphatic hydroxyl groups excluding tert-OH is 1. The Hall–Kier alpha value is -1.68. The van der Waals surface area contributed by atoms with Crippen molar-refractivity contribution in [1.82, 2.24) is 16.1 Å². The largest absolute Gasteiger partial charge is 0.378 e. The highest BCUT2D eigenvalue weighted by Crippen LogP contribution is 2.16. The Morgan fingerprint density at radius 2 is 2.41 bits per heavy atom. The number of nitrogens with one attached hydrogen (secondary N) is 3. The average Bonchev–Trinajstić information content (AvgIpc) is 2.48. The fourth-order valence-corrected chi connectivity index (χ4v) is 2.65. The topological polar surface area (TPSA) is 159 Å². The quantitative estimate of drug-likeness (QED) is 0.122. The van der Waals surface area contributed by atoms with Crippen molar-refractivity contribution in [3.8, 4) is 0 Å². The van der Waals surface area contributed by atoms with Crippen LogP contribution in [0.15, 0.2) is 22.2 Å². The number of aliphatic imine (C=N–C) groups is 1. The second kappa shape index (κ2) is 8.08. The molecular formula is C13H26N8O. The van der Waals surface area contributed by atoms with Crippen LogP contribution in [0.3, 0.4) is 0 Å². The molecule has 9 heteroatoms. The molecule has 22 heavy (non-hydrogen) atoms. The first-order valence-corrected chi connectivity index (χ1v) is 7.50. The van der Waals surface area contributed by atoms with Crippen molar-refractivity contribution in [2.24, 2.45) is 33.2 Å². The van der Waals surface area contributed by atoms with E-state index in [1.165, 1.54) is 0 Å². The molecule has 0 aromatic heterocycles. The Bertz CT molecular complexity index is 436. The van der Waals surface area contributed by atoms with Gasteiger partial charge in [0.2, 0.25) is 0 Å². The number of hydrogen-bond acceptors (Lipinski definition) is 9. The molecule has 0 saturated carbocycles. The summed E-state index contributed by atoms with van der Waals surface area (Å²) in [5.74, 6) is 0.126. The molecule has 5 atom stereocenters. The molecule has 0 fully saturated rings. The molecule has 10 N–H and O–H groups in total. The molecule has 1 aliphatic heterocycles. The van der Waals surface area contributed by atoms with Crippen LogP contribution in [0.25, 0.3) is 0 Å². The first kappa shape index (κ1) is 16.7. The van der Waals surface area contributed by atoms with Gasteiger partial charge in [0.15, 0.2) is 5.96 Å². The number of nitrogens with two attached hydrogens (primary N) is 3. The molecule has 124 valence electrons. The van der Waals surface area contributed by atoms with E-state index in [9.17, 15) is 5.11 Å². The van der Waals surface area contributed by atoms with Gasteiger partial charge in [0.25, 0.3) is 0 Å². The van der Waals surface area contributed by atoms with Crippen molar-refractivity contribution >= 4 is 12.2 Å². The second-order valence-electron chi connectivity index (χ2n) is 5.55. The zero-order valence-corrected chi connectivity index (χ0v) is 12.5. The van der Waals surface area contributed by atoms with Gasteiger partial charge in [0.05, 0.1) is 18.6 Å². The van der Waals surface area contributed by atoms with Gasteiger partial charge in [-0.2, -0.15) is 5.10 Å². The van der Waals surface area contributed by atoms with Crippen molar-refractivity contribution in [2.75, 3.05) is 13.1 Å². The monoisotopic (exact) mass is 310 g/mol. The molecule has 0 aromatic rings. The molecule has 0 bridgehead atoms. The summed E-state index contributed by atoms with van der Waals surface area (Å²) in [5.41, 5.74) is 19.8. The molecule has 0 radical (unpaired) electrons. The Morgan fingerprint density at radius 3 is 3.14 bits per heavy atom. The molecule has 5 unspecified atom stereocenters. The summed E-state index contributed by atoms with van der Waals surface area (Å²) in [6.45, 7) is 0.811. The lowest BCUT2D eigenvalue weighted by Gasteiger charge is -2.36. The van der Waals surface area contributed by atoms with Crippen molar-refractivity contribution in [3.05, 3.63) is 12.2 Å². The number of hydrazone groups is 1. The van der Waals surface area contributed by atoms with Crippen molar-refractivity contribution < 1.29 is 5.11 Å². The highest BCUT2D eigenvalue weighted by molar-refractivity contribution is 5.78. The van der Waals surface area contributed by atoms with E-state index in [0.29, 0.717) is 19.0 Å². The van der Waals surface area contributed by atoms with Gasteiger partial charge in [0.1, 0.15) is 6.23 Å². The lowest BCUT2D eigenvalue weighted by atomic mass is 9.95. The Kier molecular flexibility index (Phi) is 6.13. The van der Waals surface area contributed by atoms with E-state index in [0.717, 1.165) is 12.8 Å². The molecule has 2 rings (SSSR count). The third kappa shape index (κ3) is 4.67. The van der Waals surface area contributed by atoms with E-state index in [2.05, 4.69) is 38.3 Å². The first-order chi connectivity index (χ1) is 10.6. The maximum atomic E-state index is 9.68. The molecule has 1 aliphatic carbocycles. The highest BCUT2D eigenvalue weighted by atomic mass is 16.3. The summed E-state index contributed by atoms with van der Waals surface area (Å²) in [4.78, 5) is 4.08. The minimum atomic E-state index is -0.961. The van der Waals surface area contributed by atoms with Crippen molar-refractivity contribution in [1.29, 1.82) is 0 Å². The van der Waals surface area contributed by atoms with Crippen LogP contribution in [-0.2, 0) is 0 Å². The zero-order chi connectivity index (χ0) is 15.9. The number of rotatable bonds is 6. The van der Waals surface area contributed by atoms with Crippen LogP contribution in [0.5, 0.6) is 0 Å². The van der Waals surface area contributed by atoms with Gasteiger partial charge >= 0.3 is 0 Å². The van der Waals surface area contributed by atoms with Crippen LogP contribution in [0.4, 0.5) is 0 Å². The Morgan fingerprint density at radius 1 is 1.59 bits per heavy atom. The average molecular weight is 310 g/mol. The van der Waals surface area contributed by atoms with E-state index in [1.54, 1.807) is 6.21 Å². The van der Waals surface area contributed by atoms with Gasteiger partial charge in [-0.25, -0.2) is 0 Å². The first-order valence-electron chi connectivity index (χ1n) is 7.50. The summed E-state index contributed by atoms with van der Waals surface area (Å²) in [6, 6.07) is 0.366.